The van der Waals surface area contributed by atoms with E-state index in [1.54, 1.807) is 6.07 Å². The Morgan fingerprint density at radius 3 is 2.65 bits per heavy atom. The van der Waals surface area contributed by atoms with Crippen molar-refractivity contribution in [2.75, 3.05) is 6.54 Å². The summed E-state index contributed by atoms with van der Waals surface area (Å²) in [7, 11) is 0. The molecule has 1 fully saturated rings. The largest absolute Gasteiger partial charge is 0.331 e. The smallest absolute Gasteiger partial charge is 0.318 e. The lowest BCUT2D eigenvalue weighted by molar-refractivity contribution is 0.172. The zero-order chi connectivity index (χ0) is 18.1. The highest BCUT2D eigenvalue weighted by Gasteiger charge is 2.33. The van der Waals surface area contributed by atoms with Crippen LogP contribution in [0, 0.1) is 11.7 Å². The summed E-state index contributed by atoms with van der Waals surface area (Å²) in [6.07, 6.45) is 3.84. The van der Waals surface area contributed by atoms with E-state index in [-0.39, 0.29) is 23.9 Å². The van der Waals surface area contributed by atoms with Gasteiger partial charge in [-0.3, -0.25) is 0 Å². The Kier molecular flexibility index (Phi) is 4.66. The van der Waals surface area contributed by atoms with Crippen LogP contribution in [0.25, 0.3) is 0 Å². The number of carbonyl (C=O) groups is 1. The van der Waals surface area contributed by atoms with Crippen LogP contribution >= 0.6 is 0 Å². The second-order valence-corrected chi connectivity index (χ2v) is 7.53. The maximum absolute atomic E-state index is 14.0. The molecular weight excluding hydrogens is 327 g/mol. The molecule has 1 saturated carbocycles. The van der Waals surface area contributed by atoms with Crippen molar-refractivity contribution >= 4 is 6.03 Å². The molecule has 2 aliphatic rings. The Hall–Kier alpha value is -2.36. The van der Waals surface area contributed by atoms with Gasteiger partial charge < -0.3 is 10.2 Å². The SMILES string of the molecule is CC(c1ccccc1)N(CC1CC1)C(=O)NC1CCc2c(F)cccc21. The van der Waals surface area contributed by atoms with Crippen molar-refractivity contribution in [3.8, 4) is 0 Å². The molecule has 2 atom stereocenters. The molecule has 2 aliphatic carbocycles. The van der Waals surface area contributed by atoms with Crippen molar-refractivity contribution in [2.45, 2.75) is 44.7 Å². The predicted molar refractivity (Wildman–Crippen MR) is 100 cm³/mol. The third-order valence-electron chi connectivity index (χ3n) is 5.67. The fourth-order valence-corrected chi connectivity index (χ4v) is 3.90. The van der Waals surface area contributed by atoms with Crippen LogP contribution in [0.15, 0.2) is 48.5 Å². The molecule has 2 unspecified atom stereocenters. The lowest BCUT2D eigenvalue weighted by atomic mass is 10.1. The van der Waals surface area contributed by atoms with Gasteiger partial charge in [0.05, 0.1) is 12.1 Å². The lowest BCUT2D eigenvalue weighted by Crippen LogP contribution is -2.43. The van der Waals surface area contributed by atoms with Gasteiger partial charge in [0, 0.05) is 6.54 Å². The maximum Gasteiger partial charge on any atom is 0.318 e. The van der Waals surface area contributed by atoms with E-state index in [4.69, 9.17) is 0 Å². The summed E-state index contributed by atoms with van der Waals surface area (Å²) in [5, 5.41) is 3.17. The van der Waals surface area contributed by atoms with E-state index in [0.717, 1.165) is 29.7 Å². The van der Waals surface area contributed by atoms with Gasteiger partial charge in [0.15, 0.2) is 0 Å². The van der Waals surface area contributed by atoms with E-state index in [9.17, 15) is 9.18 Å². The molecule has 2 aromatic rings. The van der Waals surface area contributed by atoms with Crippen molar-refractivity contribution in [2.24, 2.45) is 5.92 Å². The third kappa shape index (κ3) is 3.46. The summed E-state index contributed by atoms with van der Waals surface area (Å²) >= 11 is 0. The van der Waals surface area contributed by atoms with Crippen LogP contribution in [0.4, 0.5) is 9.18 Å². The molecule has 4 rings (SSSR count). The van der Waals surface area contributed by atoms with E-state index >= 15 is 0 Å². The third-order valence-corrected chi connectivity index (χ3v) is 5.67. The van der Waals surface area contributed by atoms with Crippen LogP contribution in [-0.4, -0.2) is 17.5 Å². The number of rotatable bonds is 5. The first-order valence-electron chi connectivity index (χ1n) is 9.53. The molecule has 3 nitrogen and oxygen atoms in total. The first-order valence-corrected chi connectivity index (χ1v) is 9.53. The molecule has 0 radical (unpaired) electrons. The fraction of sp³-hybridized carbons (Fsp3) is 0.409. The second-order valence-electron chi connectivity index (χ2n) is 7.53. The highest BCUT2D eigenvalue weighted by atomic mass is 19.1. The number of amides is 2. The number of hydrogen-bond donors (Lipinski definition) is 1. The van der Waals surface area contributed by atoms with Gasteiger partial charge in [-0.05, 0) is 61.3 Å². The van der Waals surface area contributed by atoms with Gasteiger partial charge in [-0.15, -0.1) is 0 Å². The minimum Gasteiger partial charge on any atom is -0.331 e. The summed E-state index contributed by atoms with van der Waals surface area (Å²) in [5.41, 5.74) is 2.82. The van der Waals surface area contributed by atoms with Crippen molar-refractivity contribution < 1.29 is 9.18 Å². The molecule has 0 aliphatic heterocycles. The first-order chi connectivity index (χ1) is 12.6. The molecule has 0 spiro atoms. The lowest BCUT2D eigenvalue weighted by Gasteiger charge is -2.31. The minimum absolute atomic E-state index is 0.0187. The quantitative estimate of drug-likeness (QED) is 0.807. The number of nitrogens with one attached hydrogen (secondary N) is 1. The highest BCUT2D eigenvalue weighted by molar-refractivity contribution is 5.75. The van der Waals surface area contributed by atoms with Crippen molar-refractivity contribution in [3.05, 3.63) is 71.0 Å². The zero-order valence-electron chi connectivity index (χ0n) is 15.1. The normalized spacial score (nSPS) is 19.7. The standard InChI is InChI=1S/C22H25FN2O/c1-15(17-6-3-2-4-7-17)25(14-16-10-11-16)22(26)24-21-13-12-18-19(21)8-5-9-20(18)23/h2-9,15-16,21H,10-14H2,1H3,(H,24,26). The number of nitrogens with zero attached hydrogens (tertiary/aromatic N) is 1. The van der Waals surface area contributed by atoms with Crippen molar-refractivity contribution in [3.63, 3.8) is 0 Å². The van der Waals surface area contributed by atoms with E-state index in [2.05, 4.69) is 24.4 Å². The van der Waals surface area contributed by atoms with Crippen LogP contribution in [0.1, 0.15) is 55.0 Å². The molecule has 0 bridgehead atoms. The number of urea groups is 1. The van der Waals surface area contributed by atoms with Gasteiger partial charge in [0.25, 0.3) is 0 Å². The van der Waals surface area contributed by atoms with Gasteiger partial charge >= 0.3 is 6.03 Å². The Balaban J connectivity index is 1.52. The first kappa shape index (κ1) is 17.1. The van der Waals surface area contributed by atoms with Crippen LogP contribution in [0.3, 0.4) is 0 Å². The Morgan fingerprint density at radius 2 is 1.92 bits per heavy atom. The van der Waals surface area contributed by atoms with Gasteiger partial charge in [0.1, 0.15) is 5.82 Å². The summed E-state index contributed by atoms with van der Waals surface area (Å²) in [6, 6.07) is 15.2. The minimum atomic E-state index is -0.160. The van der Waals surface area contributed by atoms with Gasteiger partial charge in [-0.2, -0.15) is 0 Å². The zero-order valence-corrected chi connectivity index (χ0v) is 15.1. The number of halogens is 1. The molecule has 0 heterocycles. The molecule has 2 amide bonds. The van der Waals surface area contributed by atoms with Gasteiger partial charge in [-0.25, -0.2) is 9.18 Å². The predicted octanol–water partition coefficient (Wildman–Crippen LogP) is 5.00. The highest BCUT2D eigenvalue weighted by Crippen LogP contribution is 2.35. The molecule has 0 saturated heterocycles. The molecule has 4 heteroatoms. The summed E-state index contributed by atoms with van der Waals surface area (Å²) in [6.45, 7) is 2.87. The average Bonchev–Trinajstić information content (AvgIpc) is 3.40. The van der Waals surface area contributed by atoms with Crippen molar-refractivity contribution in [1.29, 1.82) is 0 Å². The van der Waals surface area contributed by atoms with E-state index in [1.807, 2.05) is 29.2 Å². The summed E-state index contributed by atoms with van der Waals surface area (Å²) < 4.78 is 14.0. The molecule has 136 valence electrons. The van der Waals surface area contributed by atoms with Crippen LogP contribution in [0.5, 0.6) is 0 Å². The molecule has 2 aromatic carbocycles. The number of fused-ring (bicyclic) bond motifs is 1. The number of benzene rings is 2. The Labute approximate surface area is 154 Å². The fourth-order valence-electron chi connectivity index (χ4n) is 3.90. The number of hydrogen-bond acceptors (Lipinski definition) is 1. The molecule has 1 N–H and O–H groups in total. The average molecular weight is 352 g/mol. The van der Waals surface area contributed by atoms with Gasteiger partial charge in [0.2, 0.25) is 0 Å². The monoisotopic (exact) mass is 352 g/mol. The molecule has 26 heavy (non-hydrogen) atoms. The van der Waals surface area contributed by atoms with Crippen LogP contribution in [-0.2, 0) is 6.42 Å². The summed E-state index contributed by atoms with van der Waals surface area (Å²) in [4.78, 5) is 15.0. The Morgan fingerprint density at radius 1 is 1.15 bits per heavy atom. The number of carbonyl (C=O) groups excluding carboxylic acids is 1. The van der Waals surface area contributed by atoms with Crippen LogP contribution < -0.4 is 5.32 Å². The van der Waals surface area contributed by atoms with Crippen molar-refractivity contribution in [1.82, 2.24) is 10.2 Å². The maximum atomic E-state index is 14.0. The second kappa shape index (κ2) is 7.10. The van der Waals surface area contributed by atoms with Gasteiger partial charge in [-0.1, -0.05) is 42.5 Å². The van der Waals surface area contributed by atoms with E-state index in [1.165, 1.54) is 18.9 Å². The summed E-state index contributed by atoms with van der Waals surface area (Å²) in [5.74, 6) is 0.451. The van der Waals surface area contributed by atoms with E-state index in [0.29, 0.717) is 12.3 Å². The van der Waals surface area contributed by atoms with E-state index < -0.39 is 0 Å². The topological polar surface area (TPSA) is 32.3 Å². The molecular formula is C22H25FN2O. The Bertz CT molecular complexity index is 788. The van der Waals surface area contributed by atoms with Crippen LogP contribution in [0.2, 0.25) is 0 Å². The molecule has 0 aromatic heterocycles.